The average molecular weight is 400 g/mol. The number of nitrogens with zero attached hydrogens (tertiary/aromatic N) is 3. The zero-order valence-corrected chi connectivity index (χ0v) is 22.3. The number of hydrogen-bond donors (Lipinski definition) is 0. The van der Waals surface area contributed by atoms with Crippen LogP contribution in [0.2, 0.25) is 0 Å². The lowest BCUT2D eigenvalue weighted by Gasteiger charge is -2.50. The van der Waals surface area contributed by atoms with Gasteiger partial charge in [-0.2, -0.15) is 0 Å². The Kier molecular flexibility index (Phi) is 16.0. The van der Waals surface area contributed by atoms with Crippen LogP contribution < -0.4 is 0 Å². The molecule has 0 amide bonds. The van der Waals surface area contributed by atoms with E-state index in [4.69, 9.17) is 0 Å². The lowest BCUT2D eigenvalue weighted by Crippen LogP contribution is -2.66. The molecule has 0 N–H and O–H groups in total. The van der Waals surface area contributed by atoms with Gasteiger partial charge >= 0.3 is 0 Å². The van der Waals surface area contributed by atoms with Gasteiger partial charge in [0.05, 0.1) is 5.29 Å². The maximum absolute atomic E-state index is 2.45. The van der Waals surface area contributed by atoms with Gasteiger partial charge in [0.25, 0.3) is 0 Å². The Morgan fingerprint density at radius 1 is 0.593 bits per heavy atom. The predicted octanol–water partition coefficient (Wildman–Crippen LogP) is 4.54. The maximum Gasteiger partial charge on any atom is 0.0666 e. The van der Waals surface area contributed by atoms with E-state index in [1.165, 1.54) is 89.9 Å². The molecule has 4 heteroatoms. The summed E-state index contributed by atoms with van der Waals surface area (Å²) in [5.74, 6) is 0. The Morgan fingerprint density at radius 3 is 1.22 bits per heavy atom. The maximum atomic E-state index is 2.45. The molecule has 0 spiro atoms. The van der Waals surface area contributed by atoms with Crippen molar-refractivity contribution in [1.29, 1.82) is 0 Å². The van der Waals surface area contributed by atoms with E-state index in [1.54, 1.807) is 0 Å². The van der Waals surface area contributed by atoms with Crippen LogP contribution in [0.25, 0.3) is 0 Å². The molecule has 0 aliphatic carbocycles. The summed E-state index contributed by atoms with van der Waals surface area (Å²) in [4.78, 5) is 7.33. The first kappa shape index (κ1) is 27.1. The Bertz CT molecular complexity index is 324. The highest BCUT2D eigenvalue weighted by molar-refractivity contribution is 6.15. The minimum Gasteiger partial charge on any atom is -0.304 e. The van der Waals surface area contributed by atoms with E-state index >= 15 is 0 Å². The van der Waals surface area contributed by atoms with Crippen LogP contribution in [0.1, 0.15) is 96.8 Å². The van der Waals surface area contributed by atoms with E-state index in [0.29, 0.717) is 6.04 Å². The van der Waals surface area contributed by atoms with Crippen molar-refractivity contribution in [3.63, 3.8) is 0 Å². The van der Waals surface area contributed by atoms with Gasteiger partial charge in [-0.05, 0) is 48.7 Å². The zero-order valence-electron chi connectivity index (χ0n) is 20.3. The number of likely N-dealkylation sites (N-methyl/N-ethyl adjacent to an activating group) is 3. The van der Waals surface area contributed by atoms with Gasteiger partial charge in [-0.3, -0.25) is 9.80 Å². The monoisotopic (exact) mass is 399 g/mol. The molecule has 0 aromatic carbocycles. The molecular formula is C23H53N3Si. The first-order valence-electron chi connectivity index (χ1n) is 11.8. The molecule has 1 atom stereocenters. The Balaban J connectivity index is 3.85. The molecule has 0 aromatic rings. The minimum atomic E-state index is 0.209. The summed E-state index contributed by atoms with van der Waals surface area (Å²) in [6.07, 6.45) is 19.9. The highest BCUT2D eigenvalue weighted by Gasteiger charge is 2.38. The second kappa shape index (κ2) is 16.0. The van der Waals surface area contributed by atoms with Crippen molar-refractivity contribution in [2.75, 3.05) is 42.3 Å². The Morgan fingerprint density at radius 2 is 0.926 bits per heavy atom. The van der Waals surface area contributed by atoms with Crippen molar-refractivity contribution in [3.05, 3.63) is 0 Å². The van der Waals surface area contributed by atoms with Gasteiger partial charge in [-0.15, -0.1) is 0 Å². The van der Waals surface area contributed by atoms with Crippen LogP contribution in [0.5, 0.6) is 0 Å². The molecule has 0 heterocycles. The Labute approximate surface area is 175 Å². The molecule has 0 radical (unpaired) electrons. The fourth-order valence-electron chi connectivity index (χ4n) is 4.37. The summed E-state index contributed by atoms with van der Waals surface area (Å²) in [7, 11) is 14.6. The first-order chi connectivity index (χ1) is 12.8. The van der Waals surface area contributed by atoms with Crippen LogP contribution in [0.3, 0.4) is 0 Å². The minimum absolute atomic E-state index is 0.209. The van der Waals surface area contributed by atoms with Crippen LogP contribution in [-0.2, 0) is 0 Å². The highest BCUT2D eigenvalue weighted by Crippen LogP contribution is 2.24. The third-order valence-electron chi connectivity index (χ3n) is 6.65. The highest BCUT2D eigenvalue weighted by atomic mass is 28.1. The van der Waals surface area contributed by atoms with Gasteiger partial charge in [0.2, 0.25) is 0 Å². The fourth-order valence-corrected chi connectivity index (χ4v) is 5.18. The number of hydrogen-bond acceptors (Lipinski definition) is 3. The number of unbranched alkanes of at least 4 members (excludes halogenated alkanes) is 12. The topological polar surface area (TPSA) is 9.72 Å². The van der Waals surface area contributed by atoms with Gasteiger partial charge in [-0.25, -0.2) is 0 Å². The molecule has 0 saturated heterocycles. The van der Waals surface area contributed by atoms with E-state index in [9.17, 15) is 0 Å². The summed E-state index contributed by atoms with van der Waals surface area (Å²) >= 11 is 0. The number of rotatable bonds is 18. The predicted molar refractivity (Wildman–Crippen MR) is 128 cm³/mol. The molecule has 0 fully saturated rings. The second-order valence-electron chi connectivity index (χ2n) is 9.39. The molecule has 27 heavy (non-hydrogen) atoms. The summed E-state index contributed by atoms with van der Waals surface area (Å²) in [5, 5.41) is 0.209. The molecule has 0 bridgehead atoms. The lowest BCUT2D eigenvalue weighted by atomic mass is 10.0. The summed E-state index contributed by atoms with van der Waals surface area (Å²) in [5.41, 5.74) is 0. The van der Waals surface area contributed by atoms with Crippen molar-refractivity contribution in [1.82, 2.24) is 14.7 Å². The third kappa shape index (κ3) is 11.0. The zero-order chi connectivity index (χ0) is 20.7. The molecular weight excluding hydrogens is 346 g/mol. The van der Waals surface area contributed by atoms with E-state index in [1.807, 2.05) is 0 Å². The second-order valence-corrected chi connectivity index (χ2v) is 10.9. The normalized spacial score (nSPS) is 14.0. The molecule has 0 rings (SSSR count). The van der Waals surface area contributed by atoms with Crippen molar-refractivity contribution < 1.29 is 0 Å². The van der Waals surface area contributed by atoms with Crippen LogP contribution >= 0.6 is 0 Å². The summed E-state index contributed by atoms with van der Waals surface area (Å²) in [6.45, 7) is 2.30. The van der Waals surface area contributed by atoms with Crippen LogP contribution in [0.15, 0.2) is 0 Å². The Hall–Kier alpha value is 0.0969. The van der Waals surface area contributed by atoms with Gasteiger partial charge < -0.3 is 4.90 Å². The molecule has 0 aliphatic rings. The summed E-state index contributed by atoms with van der Waals surface area (Å²) < 4.78 is 0. The molecule has 0 aromatic heterocycles. The smallest absolute Gasteiger partial charge is 0.0666 e. The standard InChI is InChI=1S/C23H53N3Si/c1-8-9-10-11-12-13-14-15-16-17-18-19-20-21-22(24(2)3)23(27,25(4)5)26(6)7/h22H,8-21H2,1-7,27H3. The quantitative estimate of drug-likeness (QED) is 0.190. The van der Waals surface area contributed by atoms with E-state index in [0.717, 1.165) is 10.2 Å². The average Bonchev–Trinajstić information content (AvgIpc) is 2.60. The molecule has 1 unspecified atom stereocenters. The van der Waals surface area contributed by atoms with Crippen LogP contribution in [0.4, 0.5) is 0 Å². The van der Waals surface area contributed by atoms with Gasteiger partial charge in [0, 0.05) is 16.3 Å². The summed E-state index contributed by atoms with van der Waals surface area (Å²) in [6, 6.07) is 0.613. The van der Waals surface area contributed by atoms with Crippen LogP contribution in [0, 0.1) is 0 Å². The largest absolute Gasteiger partial charge is 0.304 e. The van der Waals surface area contributed by atoms with E-state index in [-0.39, 0.29) is 5.29 Å². The van der Waals surface area contributed by atoms with Crippen molar-refractivity contribution in [2.24, 2.45) is 0 Å². The van der Waals surface area contributed by atoms with Gasteiger partial charge in [0.1, 0.15) is 0 Å². The van der Waals surface area contributed by atoms with Gasteiger partial charge in [-0.1, -0.05) is 90.4 Å². The first-order valence-corrected chi connectivity index (χ1v) is 12.8. The molecule has 3 nitrogen and oxygen atoms in total. The van der Waals surface area contributed by atoms with Crippen molar-refractivity contribution >= 4 is 10.2 Å². The van der Waals surface area contributed by atoms with Crippen molar-refractivity contribution in [3.8, 4) is 0 Å². The lowest BCUT2D eigenvalue weighted by molar-refractivity contribution is 0.00345. The fraction of sp³-hybridized carbons (Fsp3) is 1.00. The molecule has 0 saturated carbocycles. The SMILES string of the molecule is CCCCCCCCCCCCCCCC(N(C)C)C([SiH3])(N(C)C)N(C)C. The van der Waals surface area contributed by atoms with Crippen molar-refractivity contribution in [2.45, 2.75) is 108 Å². The molecule has 0 aliphatic heterocycles. The van der Waals surface area contributed by atoms with E-state index in [2.05, 4.69) is 63.9 Å². The third-order valence-corrected chi connectivity index (χ3v) is 9.10. The van der Waals surface area contributed by atoms with Crippen LogP contribution in [-0.4, -0.2) is 78.6 Å². The van der Waals surface area contributed by atoms with Gasteiger partial charge in [0.15, 0.2) is 0 Å². The molecule has 164 valence electrons. The van der Waals surface area contributed by atoms with E-state index < -0.39 is 0 Å².